The molecule has 1 aliphatic carbocycles. The molecule has 0 N–H and O–H groups in total. The maximum absolute atomic E-state index is 11.1. The third kappa shape index (κ3) is 2.73. The van der Waals surface area contributed by atoms with Gasteiger partial charge < -0.3 is 4.42 Å². The second kappa shape index (κ2) is 5.62. The van der Waals surface area contributed by atoms with Crippen LogP contribution in [0.25, 0.3) is 5.57 Å². The molecule has 0 fully saturated rings. The molecule has 0 saturated carbocycles. The second-order valence-corrected chi connectivity index (χ2v) is 4.36. The highest BCUT2D eigenvalue weighted by Crippen LogP contribution is 2.30. The van der Waals surface area contributed by atoms with Gasteiger partial charge in [0.1, 0.15) is 12.0 Å². The molecule has 0 bridgehead atoms. The molecule has 0 radical (unpaired) electrons. The molecule has 0 spiro atoms. The minimum absolute atomic E-state index is 0.319. The van der Waals surface area contributed by atoms with Gasteiger partial charge in [0.2, 0.25) is 0 Å². The summed E-state index contributed by atoms with van der Waals surface area (Å²) in [5.74, 6) is 0.996. The number of aldehydes is 2. The van der Waals surface area contributed by atoms with Crippen molar-refractivity contribution in [1.82, 2.24) is 0 Å². The third-order valence-corrected chi connectivity index (χ3v) is 3.19. The van der Waals surface area contributed by atoms with Crippen LogP contribution in [0.5, 0.6) is 0 Å². The van der Waals surface area contributed by atoms with E-state index in [-0.39, 0.29) is 0 Å². The summed E-state index contributed by atoms with van der Waals surface area (Å²) < 4.78 is 5.42. The Kier molecular flexibility index (Phi) is 3.91. The van der Waals surface area contributed by atoms with Crippen LogP contribution >= 0.6 is 0 Å². The standard InChI is InChI=1S/C14H16O3/c15-9-11-5-3-1-2-4-6-13(11)14-8-7-12(10-16)17-14/h7-10H,1-6H2/b13-11-. The fraction of sp³-hybridized carbons (Fsp3) is 0.429. The van der Waals surface area contributed by atoms with Crippen LogP contribution in [0.2, 0.25) is 0 Å². The van der Waals surface area contributed by atoms with E-state index in [2.05, 4.69) is 0 Å². The van der Waals surface area contributed by atoms with Crippen LogP contribution < -0.4 is 0 Å². The normalized spacial score (nSPS) is 21.6. The highest BCUT2D eigenvalue weighted by Gasteiger charge is 2.14. The van der Waals surface area contributed by atoms with Crippen molar-refractivity contribution in [3.8, 4) is 0 Å². The molecule has 0 aromatic carbocycles. The smallest absolute Gasteiger partial charge is 0.185 e. The molecule has 1 aromatic heterocycles. The summed E-state index contributed by atoms with van der Waals surface area (Å²) in [5.41, 5.74) is 1.81. The lowest BCUT2D eigenvalue weighted by molar-refractivity contribution is -0.105. The molecule has 17 heavy (non-hydrogen) atoms. The van der Waals surface area contributed by atoms with Crippen molar-refractivity contribution in [3.05, 3.63) is 29.2 Å². The van der Waals surface area contributed by atoms with Crippen molar-refractivity contribution in [2.45, 2.75) is 38.5 Å². The zero-order valence-electron chi connectivity index (χ0n) is 9.78. The molecular weight excluding hydrogens is 216 g/mol. The lowest BCUT2D eigenvalue weighted by atomic mass is 9.93. The van der Waals surface area contributed by atoms with Crippen molar-refractivity contribution in [1.29, 1.82) is 0 Å². The van der Waals surface area contributed by atoms with E-state index < -0.39 is 0 Å². The molecule has 0 atom stereocenters. The summed E-state index contributed by atoms with van der Waals surface area (Å²) in [6, 6.07) is 3.43. The zero-order valence-corrected chi connectivity index (χ0v) is 9.78. The summed E-state index contributed by atoms with van der Waals surface area (Å²) in [7, 11) is 0. The Hall–Kier alpha value is -1.64. The molecule has 3 nitrogen and oxygen atoms in total. The Labute approximate surface area is 101 Å². The van der Waals surface area contributed by atoms with Crippen LogP contribution in [0.15, 0.2) is 22.1 Å². The van der Waals surface area contributed by atoms with Gasteiger partial charge in [-0.3, -0.25) is 9.59 Å². The molecule has 90 valence electrons. The number of hydrogen-bond acceptors (Lipinski definition) is 3. The van der Waals surface area contributed by atoms with Gasteiger partial charge >= 0.3 is 0 Å². The summed E-state index contributed by atoms with van der Waals surface area (Å²) >= 11 is 0. The van der Waals surface area contributed by atoms with E-state index in [9.17, 15) is 9.59 Å². The topological polar surface area (TPSA) is 47.3 Å². The Morgan fingerprint density at radius 1 is 0.941 bits per heavy atom. The van der Waals surface area contributed by atoms with Crippen LogP contribution in [0, 0.1) is 0 Å². The summed E-state index contributed by atoms with van der Waals surface area (Å²) in [4.78, 5) is 21.7. The Balaban J connectivity index is 2.35. The van der Waals surface area contributed by atoms with Gasteiger partial charge in [-0.05, 0) is 43.4 Å². The third-order valence-electron chi connectivity index (χ3n) is 3.19. The monoisotopic (exact) mass is 232 g/mol. The van der Waals surface area contributed by atoms with Crippen LogP contribution in [0.4, 0.5) is 0 Å². The molecule has 0 amide bonds. The minimum Gasteiger partial charge on any atom is -0.454 e. The summed E-state index contributed by atoms with van der Waals surface area (Å²) in [6.07, 6.45) is 7.80. The molecule has 0 unspecified atom stereocenters. The van der Waals surface area contributed by atoms with Gasteiger partial charge in [0.05, 0.1) is 0 Å². The number of carbonyl (C=O) groups is 2. The van der Waals surface area contributed by atoms with Gasteiger partial charge in [0.25, 0.3) is 0 Å². The summed E-state index contributed by atoms with van der Waals surface area (Å²) in [6.45, 7) is 0. The van der Waals surface area contributed by atoms with E-state index in [0.717, 1.165) is 43.1 Å². The highest BCUT2D eigenvalue weighted by molar-refractivity contribution is 5.87. The van der Waals surface area contributed by atoms with Crippen molar-refractivity contribution >= 4 is 18.1 Å². The fourth-order valence-corrected chi connectivity index (χ4v) is 2.27. The molecule has 0 aliphatic heterocycles. The van der Waals surface area contributed by atoms with Gasteiger partial charge in [-0.25, -0.2) is 0 Å². The van der Waals surface area contributed by atoms with Gasteiger partial charge in [-0.2, -0.15) is 0 Å². The lowest BCUT2D eigenvalue weighted by Gasteiger charge is -2.13. The Morgan fingerprint density at radius 2 is 1.71 bits per heavy atom. The second-order valence-electron chi connectivity index (χ2n) is 4.36. The zero-order chi connectivity index (χ0) is 12.1. The largest absolute Gasteiger partial charge is 0.454 e. The number of furan rings is 1. The molecule has 1 heterocycles. The molecule has 1 aliphatic rings. The molecule has 1 aromatic rings. The first kappa shape index (κ1) is 11.8. The number of carbonyl (C=O) groups excluding carboxylic acids is 2. The highest BCUT2D eigenvalue weighted by atomic mass is 16.3. The first-order chi connectivity index (χ1) is 8.35. The average Bonchev–Trinajstić information content (AvgIpc) is 2.77. The van der Waals surface area contributed by atoms with E-state index in [1.54, 1.807) is 12.1 Å². The van der Waals surface area contributed by atoms with Gasteiger partial charge in [0.15, 0.2) is 12.0 Å². The van der Waals surface area contributed by atoms with Crippen molar-refractivity contribution in [2.24, 2.45) is 0 Å². The molecule has 0 saturated heterocycles. The first-order valence-corrected chi connectivity index (χ1v) is 6.07. The Morgan fingerprint density at radius 3 is 2.35 bits per heavy atom. The number of allylic oxidation sites excluding steroid dienone is 2. The maximum Gasteiger partial charge on any atom is 0.185 e. The fourth-order valence-electron chi connectivity index (χ4n) is 2.27. The van der Waals surface area contributed by atoms with Crippen LogP contribution in [0.3, 0.4) is 0 Å². The van der Waals surface area contributed by atoms with Crippen LogP contribution in [-0.4, -0.2) is 12.6 Å². The number of hydrogen-bond donors (Lipinski definition) is 0. The van der Waals surface area contributed by atoms with Crippen LogP contribution in [0.1, 0.15) is 54.8 Å². The SMILES string of the molecule is O=C/C1=C(\c2ccc(C=O)o2)CCCCCC1. The van der Waals surface area contributed by atoms with Gasteiger partial charge in [-0.15, -0.1) is 0 Å². The van der Waals surface area contributed by atoms with E-state index in [1.165, 1.54) is 12.8 Å². The molecular formula is C14H16O3. The van der Waals surface area contributed by atoms with Crippen molar-refractivity contribution < 1.29 is 14.0 Å². The van der Waals surface area contributed by atoms with E-state index in [0.29, 0.717) is 17.8 Å². The lowest BCUT2D eigenvalue weighted by Crippen LogP contribution is -1.97. The van der Waals surface area contributed by atoms with Crippen molar-refractivity contribution in [3.63, 3.8) is 0 Å². The summed E-state index contributed by atoms with van der Waals surface area (Å²) in [5, 5.41) is 0. The van der Waals surface area contributed by atoms with Crippen molar-refractivity contribution in [2.75, 3.05) is 0 Å². The van der Waals surface area contributed by atoms with Gasteiger partial charge in [0, 0.05) is 5.57 Å². The molecule has 2 rings (SSSR count). The van der Waals surface area contributed by atoms with E-state index in [1.807, 2.05) is 0 Å². The quantitative estimate of drug-likeness (QED) is 0.750. The molecule has 3 heteroatoms. The first-order valence-electron chi connectivity index (χ1n) is 6.07. The van der Waals surface area contributed by atoms with E-state index >= 15 is 0 Å². The van der Waals surface area contributed by atoms with E-state index in [4.69, 9.17) is 4.42 Å². The predicted molar refractivity (Wildman–Crippen MR) is 64.8 cm³/mol. The minimum atomic E-state index is 0.319. The Bertz CT molecular complexity index is 440. The number of rotatable bonds is 3. The van der Waals surface area contributed by atoms with Crippen LogP contribution in [-0.2, 0) is 4.79 Å². The maximum atomic E-state index is 11.1. The predicted octanol–water partition coefficient (Wildman–Crippen LogP) is 3.40. The average molecular weight is 232 g/mol. The van der Waals surface area contributed by atoms with Gasteiger partial charge in [-0.1, -0.05) is 12.8 Å².